The number of carbonyl (C=O) groups excluding carboxylic acids is 2. The highest BCUT2D eigenvalue weighted by molar-refractivity contribution is 5.97. The van der Waals surface area contributed by atoms with Crippen molar-refractivity contribution >= 4 is 12.0 Å². The minimum absolute atomic E-state index is 0.0686. The Morgan fingerprint density at radius 1 is 0.900 bits per heavy atom. The zero-order chi connectivity index (χ0) is 29.0. The lowest BCUT2D eigenvalue weighted by molar-refractivity contribution is 0.0141. The molecule has 216 valence electrons. The molecule has 1 fully saturated rings. The summed E-state index contributed by atoms with van der Waals surface area (Å²) in [5.74, 6) is -0.144. The Morgan fingerprint density at radius 3 is 1.93 bits per heavy atom. The molecular weight excluding hydrogens is 512 g/mol. The second-order valence-electron chi connectivity index (χ2n) is 11.4. The van der Waals surface area contributed by atoms with Crippen LogP contribution in [0, 0.1) is 0 Å². The van der Waals surface area contributed by atoms with E-state index in [9.17, 15) is 14.7 Å². The third-order valence-electron chi connectivity index (χ3n) is 6.88. The highest BCUT2D eigenvalue weighted by atomic mass is 16.6. The van der Waals surface area contributed by atoms with Crippen LogP contribution in [-0.4, -0.2) is 95.3 Å². The van der Waals surface area contributed by atoms with Gasteiger partial charge in [0.1, 0.15) is 17.0 Å². The fraction of sp³-hybridized carbons (Fsp3) is 0.571. The van der Waals surface area contributed by atoms with Crippen LogP contribution < -0.4 is 0 Å². The molecule has 4 rings (SSSR count). The molecule has 0 radical (unpaired) electrons. The minimum Gasteiger partial charge on any atom is -0.444 e. The number of carbonyl (C=O) groups is 2. The molecule has 3 heterocycles. The van der Waals surface area contributed by atoms with Crippen molar-refractivity contribution in [1.29, 1.82) is 0 Å². The third kappa shape index (κ3) is 6.85. The molecule has 0 bridgehead atoms. The van der Waals surface area contributed by atoms with E-state index in [4.69, 9.17) is 4.74 Å². The van der Waals surface area contributed by atoms with Crippen molar-refractivity contribution in [2.45, 2.75) is 72.1 Å². The first-order valence-corrected chi connectivity index (χ1v) is 13.9. The van der Waals surface area contributed by atoms with E-state index >= 15 is 0 Å². The van der Waals surface area contributed by atoms with Gasteiger partial charge in [-0.1, -0.05) is 23.8 Å². The second kappa shape index (κ2) is 12.2. The summed E-state index contributed by atoms with van der Waals surface area (Å²) in [5, 5.41) is 26.7. The summed E-state index contributed by atoms with van der Waals surface area (Å²) in [6.07, 6.45) is 5.30. The maximum absolute atomic E-state index is 13.7. The Bertz CT molecular complexity index is 1320. The van der Waals surface area contributed by atoms with Gasteiger partial charge in [-0.15, -0.1) is 10.2 Å². The number of rotatable bonds is 8. The van der Waals surface area contributed by atoms with E-state index in [0.717, 1.165) is 18.4 Å². The van der Waals surface area contributed by atoms with E-state index in [1.54, 1.807) is 26.7 Å². The van der Waals surface area contributed by atoms with E-state index in [1.807, 2.05) is 50.7 Å². The Morgan fingerprint density at radius 2 is 1.43 bits per heavy atom. The number of hydrogen-bond acceptors (Lipinski definition) is 8. The second-order valence-corrected chi connectivity index (χ2v) is 11.4. The van der Waals surface area contributed by atoms with Crippen molar-refractivity contribution in [3.8, 4) is 22.5 Å². The van der Waals surface area contributed by atoms with E-state index < -0.39 is 5.60 Å². The van der Waals surface area contributed by atoms with Crippen LogP contribution in [0.15, 0.2) is 30.6 Å². The molecule has 3 aromatic rings. The Hall–Kier alpha value is -3.80. The monoisotopic (exact) mass is 552 g/mol. The highest BCUT2D eigenvalue weighted by Crippen LogP contribution is 2.28. The Labute approximate surface area is 234 Å². The van der Waals surface area contributed by atoms with E-state index in [1.165, 1.54) is 0 Å². The molecule has 2 atom stereocenters. The topological polar surface area (TPSA) is 132 Å². The van der Waals surface area contributed by atoms with Crippen molar-refractivity contribution in [2.24, 2.45) is 0 Å². The normalized spacial score (nSPS) is 15.7. The lowest BCUT2D eigenvalue weighted by Crippen LogP contribution is -2.51. The average Bonchev–Trinajstić information content (AvgIpc) is 3.62. The number of aliphatic hydroxyl groups excluding tert-OH is 1. The maximum atomic E-state index is 13.7. The average molecular weight is 553 g/mol. The first-order chi connectivity index (χ1) is 19.0. The number of aliphatic hydroxyl groups is 1. The highest BCUT2D eigenvalue weighted by Gasteiger charge is 2.29. The van der Waals surface area contributed by atoms with Gasteiger partial charge in [0.15, 0.2) is 0 Å². The van der Waals surface area contributed by atoms with Crippen LogP contribution in [0.2, 0.25) is 0 Å². The number of benzene rings is 1. The van der Waals surface area contributed by atoms with Gasteiger partial charge in [0.05, 0.1) is 31.1 Å². The largest absolute Gasteiger partial charge is 0.444 e. The zero-order valence-corrected chi connectivity index (χ0v) is 24.2. The molecule has 1 aliphatic heterocycles. The van der Waals surface area contributed by atoms with Gasteiger partial charge in [-0.3, -0.25) is 4.79 Å². The summed E-state index contributed by atoms with van der Waals surface area (Å²) < 4.78 is 8.93. The van der Waals surface area contributed by atoms with Crippen molar-refractivity contribution in [3.05, 3.63) is 36.2 Å². The molecule has 0 unspecified atom stereocenters. The first-order valence-electron chi connectivity index (χ1n) is 13.9. The minimum atomic E-state index is -0.576. The molecule has 0 saturated carbocycles. The fourth-order valence-corrected chi connectivity index (χ4v) is 4.53. The van der Waals surface area contributed by atoms with Crippen LogP contribution in [0.1, 0.15) is 76.8 Å². The predicted molar refractivity (Wildman–Crippen MR) is 150 cm³/mol. The number of piperazine rings is 1. The summed E-state index contributed by atoms with van der Waals surface area (Å²) in [5.41, 5.74) is 2.60. The number of amides is 2. The van der Waals surface area contributed by atoms with Crippen LogP contribution in [-0.2, 0) is 4.74 Å². The van der Waals surface area contributed by atoms with Crippen molar-refractivity contribution in [2.75, 3.05) is 32.8 Å². The molecule has 1 saturated heterocycles. The number of hydrogen-bond donors (Lipinski definition) is 1. The molecule has 1 aromatic carbocycles. The van der Waals surface area contributed by atoms with Crippen LogP contribution in [0.4, 0.5) is 4.79 Å². The summed E-state index contributed by atoms with van der Waals surface area (Å²) in [7, 11) is 0. The van der Waals surface area contributed by atoms with Gasteiger partial charge in [-0.25, -0.2) is 14.2 Å². The first kappa shape index (κ1) is 29.2. The van der Waals surface area contributed by atoms with Gasteiger partial charge in [0, 0.05) is 42.9 Å². The fourth-order valence-electron chi connectivity index (χ4n) is 4.53. The number of aromatic nitrogens is 6. The standard InChI is InChI=1S/C28H40N8O4/c1-7-8-19(2)35-16-24(29-31-35)21-13-22(25-17-36(32-30-25)20(3)18-37)15-23(14-21)26(38)33-9-11-34(12-10-33)27(39)40-28(4,5)6/h13-17,19-20,37H,7-12,18H2,1-6H3/t19-,20-/m1/s1. The van der Waals surface area contributed by atoms with Gasteiger partial charge in [-0.2, -0.15) is 0 Å². The van der Waals surface area contributed by atoms with Crippen LogP contribution in [0.25, 0.3) is 22.5 Å². The van der Waals surface area contributed by atoms with Crippen LogP contribution in [0.3, 0.4) is 0 Å². The summed E-state index contributed by atoms with van der Waals surface area (Å²) in [6.45, 7) is 13.1. The van der Waals surface area contributed by atoms with Crippen LogP contribution >= 0.6 is 0 Å². The van der Waals surface area contributed by atoms with Crippen LogP contribution in [0.5, 0.6) is 0 Å². The third-order valence-corrected chi connectivity index (χ3v) is 6.88. The lowest BCUT2D eigenvalue weighted by Gasteiger charge is -2.35. The Kier molecular flexibility index (Phi) is 8.87. The smallest absolute Gasteiger partial charge is 0.410 e. The molecule has 40 heavy (non-hydrogen) atoms. The van der Waals surface area contributed by atoms with Gasteiger partial charge in [-0.05, 0) is 59.2 Å². The quantitative estimate of drug-likeness (QED) is 0.446. The number of nitrogens with zero attached hydrogens (tertiary/aromatic N) is 8. The predicted octanol–water partition coefficient (Wildman–Crippen LogP) is 3.81. The zero-order valence-electron chi connectivity index (χ0n) is 24.2. The lowest BCUT2D eigenvalue weighted by atomic mass is 10.0. The molecule has 12 nitrogen and oxygen atoms in total. The Balaban J connectivity index is 1.62. The molecule has 2 aromatic heterocycles. The molecule has 0 aliphatic carbocycles. The van der Waals surface area contributed by atoms with Crippen molar-refractivity contribution < 1.29 is 19.4 Å². The molecule has 1 N–H and O–H groups in total. The summed E-state index contributed by atoms with van der Waals surface area (Å²) in [6, 6.07) is 5.52. The molecule has 0 spiro atoms. The SMILES string of the molecule is CCC[C@@H](C)n1cc(-c2cc(C(=O)N3CCN(C(=O)OC(C)(C)C)CC3)cc(-c3cn([C@H](C)CO)nn3)c2)nn1. The molecular formula is C28H40N8O4. The van der Waals surface area contributed by atoms with E-state index in [-0.39, 0.29) is 30.7 Å². The van der Waals surface area contributed by atoms with Crippen molar-refractivity contribution in [3.63, 3.8) is 0 Å². The maximum Gasteiger partial charge on any atom is 0.410 e. The van der Waals surface area contributed by atoms with Gasteiger partial charge in [0.25, 0.3) is 5.91 Å². The van der Waals surface area contributed by atoms with Crippen molar-refractivity contribution in [1.82, 2.24) is 39.8 Å². The summed E-state index contributed by atoms with van der Waals surface area (Å²) in [4.78, 5) is 29.6. The summed E-state index contributed by atoms with van der Waals surface area (Å²) >= 11 is 0. The molecule has 12 heteroatoms. The van der Waals surface area contributed by atoms with E-state index in [2.05, 4.69) is 34.5 Å². The number of ether oxygens (including phenoxy) is 1. The van der Waals surface area contributed by atoms with E-state index in [0.29, 0.717) is 48.7 Å². The molecule has 1 aliphatic rings. The van der Waals surface area contributed by atoms with Gasteiger partial charge >= 0.3 is 6.09 Å². The van der Waals surface area contributed by atoms with Gasteiger partial charge < -0.3 is 19.6 Å². The van der Waals surface area contributed by atoms with Gasteiger partial charge in [0.2, 0.25) is 0 Å². The molecule has 2 amide bonds.